The predicted octanol–water partition coefficient (Wildman–Crippen LogP) is 0.832. The Morgan fingerprint density at radius 3 is 2.35 bits per heavy atom. The van der Waals surface area contributed by atoms with Crippen LogP contribution in [0.2, 0.25) is 0 Å². The molecule has 0 aromatic heterocycles. The molecule has 0 aliphatic carbocycles. The van der Waals surface area contributed by atoms with Crippen LogP contribution in [0.3, 0.4) is 0 Å². The number of rotatable bonds is 2. The third-order valence-electron chi connectivity index (χ3n) is 3.19. The molecular weight excluding hydrogens is 303 g/mol. The fraction of sp³-hybridized carbons (Fsp3) is 0.417. The van der Waals surface area contributed by atoms with Gasteiger partial charge in [-0.3, -0.25) is 4.79 Å². The van der Waals surface area contributed by atoms with Crippen LogP contribution >= 0.6 is 12.6 Å². The van der Waals surface area contributed by atoms with E-state index in [4.69, 9.17) is 0 Å². The zero-order valence-corrected chi connectivity index (χ0v) is 12.6. The second-order valence-electron chi connectivity index (χ2n) is 4.62. The van der Waals surface area contributed by atoms with Gasteiger partial charge in [-0.15, -0.1) is 12.6 Å². The Morgan fingerprint density at radius 2 is 1.85 bits per heavy atom. The van der Waals surface area contributed by atoms with Gasteiger partial charge < -0.3 is 4.90 Å². The zero-order chi connectivity index (χ0) is 14.9. The highest BCUT2D eigenvalue weighted by atomic mass is 32.2. The van der Waals surface area contributed by atoms with Gasteiger partial charge in [-0.25, -0.2) is 12.8 Å². The van der Waals surface area contributed by atoms with Crippen molar-refractivity contribution in [2.45, 2.75) is 4.90 Å². The van der Waals surface area contributed by atoms with Gasteiger partial charge in [-0.2, -0.15) is 4.31 Å². The summed E-state index contributed by atoms with van der Waals surface area (Å²) >= 11 is 3.94. The van der Waals surface area contributed by atoms with Crippen LogP contribution in [0.15, 0.2) is 23.1 Å². The number of thiol groups is 1. The minimum Gasteiger partial charge on any atom is -0.336 e. The first kappa shape index (κ1) is 15.3. The van der Waals surface area contributed by atoms with Gasteiger partial charge >= 0.3 is 0 Å². The number of hydrogen-bond donors (Lipinski definition) is 1. The Labute approximate surface area is 122 Å². The predicted molar refractivity (Wildman–Crippen MR) is 76.0 cm³/mol. The molecule has 5 nitrogen and oxygen atoms in total. The first-order valence-electron chi connectivity index (χ1n) is 6.02. The van der Waals surface area contributed by atoms with Crippen molar-refractivity contribution in [3.63, 3.8) is 0 Å². The molecule has 110 valence electrons. The molecule has 0 unspecified atom stereocenters. The third-order valence-corrected chi connectivity index (χ3v) is 4.83. The first-order chi connectivity index (χ1) is 9.29. The largest absolute Gasteiger partial charge is 0.336 e. The normalized spacial score (nSPS) is 17.2. The number of amides is 1. The fourth-order valence-electron chi connectivity index (χ4n) is 2.05. The molecule has 1 aromatic rings. The standard InChI is InChI=1S/C12H15FN2O3S2/c1-20(17,18)15-6-4-14(5-7-15)12(16)9-2-3-10(13)11(19)8-9/h2-3,8,19H,4-7H2,1H3. The molecule has 0 bridgehead atoms. The van der Waals surface area contributed by atoms with Crippen molar-refractivity contribution >= 4 is 28.6 Å². The van der Waals surface area contributed by atoms with Crippen molar-refractivity contribution in [3.05, 3.63) is 29.6 Å². The zero-order valence-electron chi connectivity index (χ0n) is 10.9. The Balaban J connectivity index is 2.07. The number of hydrogen-bond acceptors (Lipinski definition) is 4. The molecule has 1 amide bonds. The van der Waals surface area contributed by atoms with E-state index in [1.165, 1.54) is 22.5 Å². The van der Waals surface area contributed by atoms with E-state index >= 15 is 0 Å². The van der Waals surface area contributed by atoms with Crippen LogP contribution in [0.5, 0.6) is 0 Å². The quantitative estimate of drug-likeness (QED) is 0.822. The summed E-state index contributed by atoms with van der Waals surface area (Å²) < 4.78 is 37.2. The van der Waals surface area contributed by atoms with E-state index in [1.807, 2.05) is 0 Å². The Morgan fingerprint density at radius 1 is 1.25 bits per heavy atom. The number of carbonyl (C=O) groups excluding carboxylic acids is 1. The van der Waals surface area contributed by atoms with Gasteiger partial charge in [0.1, 0.15) is 5.82 Å². The van der Waals surface area contributed by atoms with Crippen molar-refractivity contribution in [2.24, 2.45) is 0 Å². The summed E-state index contributed by atoms with van der Waals surface area (Å²) in [5, 5.41) is 0. The number of piperazine rings is 1. The number of halogens is 1. The first-order valence-corrected chi connectivity index (χ1v) is 8.31. The summed E-state index contributed by atoms with van der Waals surface area (Å²) in [7, 11) is -3.22. The maximum atomic E-state index is 13.1. The molecule has 0 atom stereocenters. The molecule has 1 heterocycles. The van der Waals surface area contributed by atoms with Crippen molar-refractivity contribution in [3.8, 4) is 0 Å². The SMILES string of the molecule is CS(=O)(=O)N1CCN(C(=O)c2ccc(F)c(S)c2)CC1. The summed E-state index contributed by atoms with van der Waals surface area (Å²) in [6.07, 6.45) is 1.15. The summed E-state index contributed by atoms with van der Waals surface area (Å²) in [5.41, 5.74) is 0.351. The molecule has 0 N–H and O–H groups in total. The van der Waals surface area contributed by atoms with Crippen LogP contribution in [-0.4, -0.2) is 56.0 Å². The van der Waals surface area contributed by atoms with Gasteiger partial charge in [-0.1, -0.05) is 0 Å². The summed E-state index contributed by atoms with van der Waals surface area (Å²) in [6.45, 7) is 1.20. The van der Waals surface area contributed by atoms with Crippen molar-refractivity contribution in [2.75, 3.05) is 32.4 Å². The number of nitrogens with zero attached hydrogens (tertiary/aromatic N) is 2. The molecule has 0 spiro atoms. The lowest BCUT2D eigenvalue weighted by atomic mass is 10.2. The highest BCUT2D eigenvalue weighted by molar-refractivity contribution is 7.88. The van der Waals surface area contributed by atoms with Crippen LogP contribution in [-0.2, 0) is 10.0 Å². The van der Waals surface area contributed by atoms with Crippen LogP contribution in [0.4, 0.5) is 4.39 Å². The van der Waals surface area contributed by atoms with Gasteiger partial charge in [-0.05, 0) is 18.2 Å². The molecule has 20 heavy (non-hydrogen) atoms. The minimum atomic E-state index is -3.22. The van der Waals surface area contributed by atoms with Crippen LogP contribution in [0, 0.1) is 5.82 Å². The average Bonchev–Trinajstić information content (AvgIpc) is 2.40. The molecule has 2 rings (SSSR count). The highest BCUT2D eigenvalue weighted by Crippen LogP contribution is 2.17. The molecular formula is C12H15FN2O3S2. The van der Waals surface area contributed by atoms with E-state index in [9.17, 15) is 17.6 Å². The number of carbonyl (C=O) groups is 1. The molecule has 0 radical (unpaired) electrons. The van der Waals surface area contributed by atoms with E-state index in [0.717, 1.165) is 6.26 Å². The molecule has 0 saturated carbocycles. The molecule has 1 fully saturated rings. The maximum Gasteiger partial charge on any atom is 0.253 e. The lowest BCUT2D eigenvalue weighted by molar-refractivity contribution is 0.0698. The van der Waals surface area contributed by atoms with Gasteiger partial charge in [0.05, 0.1) is 6.26 Å². The van der Waals surface area contributed by atoms with E-state index in [-0.39, 0.29) is 23.9 Å². The lowest BCUT2D eigenvalue weighted by Gasteiger charge is -2.33. The van der Waals surface area contributed by atoms with Crippen molar-refractivity contribution < 1.29 is 17.6 Å². The lowest BCUT2D eigenvalue weighted by Crippen LogP contribution is -2.50. The maximum absolute atomic E-state index is 13.1. The molecule has 1 saturated heterocycles. The molecule has 1 aromatic carbocycles. The number of sulfonamides is 1. The Bertz CT molecular complexity index is 626. The average molecular weight is 318 g/mol. The van der Waals surface area contributed by atoms with Crippen LogP contribution < -0.4 is 0 Å². The summed E-state index contributed by atoms with van der Waals surface area (Å²) in [6, 6.07) is 3.98. The third kappa shape index (κ3) is 3.31. The smallest absolute Gasteiger partial charge is 0.253 e. The Hall–Kier alpha value is -1.12. The summed E-state index contributed by atoms with van der Waals surface area (Å²) in [4.78, 5) is 13.9. The second kappa shape index (κ2) is 5.71. The van der Waals surface area contributed by atoms with Gasteiger partial charge in [0.2, 0.25) is 10.0 Å². The number of benzene rings is 1. The molecule has 1 aliphatic rings. The van der Waals surface area contributed by atoms with E-state index in [2.05, 4.69) is 12.6 Å². The highest BCUT2D eigenvalue weighted by Gasteiger charge is 2.26. The van der Waals surface area contributed by atoms with Crippen molar-refractivity contribution in [1.29, 1.82) is 0 Å². The monoisotopic (exact) mass is 318 g/mol. The van der Waals surface area contributed by atoms with E-state index < -0.39 is 15.8 Å². The van der Waals surface area contributed by atoms with Crippen molar-refractivity contribution in [1.82, 2.24) is 9.21 Å². The minimum absolute atomic E-state index is 0.116. The van der Waals surface area contributed by atoms with Gasteiger partial charge in [0, 0.05) is 36.6 Å². The van der Waals surface area contributed by atoms with E-state index in [1.54, 1.807) is 4.90 Å². The fourth-order valence-corrected chi connectivity index (χ4v) is 3.09. The second-order valence-corrected chi connectivity index (χ2v) is 7.08. The molecule has 1 aliphatic heterocycles. The Kier molecular flexibility index (Phi) is 4.36. The van der Waals surface area contributed by atoms with E-state index in [0.29, 0.717) is 18.7 Å². The summed E-state index contributed by atoms with van der Waals surface area (Å²) in [5.74, 6) is -0.722. The van der Waals surface area contributed by atoms with Crippen LogP contribution in [0.1, 0.15) is 10.4 Å². The molecule has 8 heteroatoms. The van der Waals surface area contributed by atoms with Gasteiger partial charge in [0.15, 0.2) is 0 Å². The topological polar surface area (TPSA) is 57.7 Å². The van der Waals surface area contributed by atoms with Crippen LogP contribution in [0.25, 0.3) is 0 Å². The van der Waals surface area contributed by atoms with Gasteiger partial charge in [0.25, 0.3) is 5.91 Å².